The summed E-state index contributed by atoms with van der Waals surface area (Å²) in [6.45, 7) is 0.176. The number of hydrogen-bond donors (Lipinski definition) is 3. The topological polar surface area (TPSA) is 69.6 Å². The zero-order chi connectivity index (χ0) is 19.2. The standard InChI is InChI=1S/C22H20ClNO3/c23-20-9-5-4-8-18(20)19(15-6-2-1-3-7-15)13-22(27)24-14-16-10-11-17(25)12-21(16)26/h1-12,19,25-26H,13-14H2,(H,24,27)/t19-/m1/s1. The summed E-state index contributed by atoms with van der Waals surface area (Å²) in [6, 6.07) is 21.6. The largest absolute Gasteiger partial charge is 0.508 e. The smallest absolute Gasteiger partial charge is 0.221 e. The Kier molecular flexibility index (Phi) is 5.99. The van der Waals surface area contributed by atoms with Gasteiger partial charge in [0.05, 0.1) is 0 Å². The molecule has 0 aromatic heterocycles. The van der Waals surface area contributed by atoms with Crippen molar-refractivity contribution in [1.82, 2.24) is 5.32 Å². The van der Waals surface area contributed by atoms with E-state index in [9.17, 15) is 15.0 Å². The van der Waals surface area contributed by atoms with Gasteiger partial charge in [0.25, 0.3) is 0 Å². The first-order chi connectivity index (χ1) is 13.0. The first-order valence-corrected chi connectivity index (χ1v) is 8.99. The van der Waals surface area contributed by atoms with Gasteiger partial charge in [-0.2, -0.15) is 0 Å². The Bertz CT molecular complexity index is 928. The molecule has 0 aliphatic heterocycles. The number of carbonyl (C=O) groups is 1. The molecule has 4 nitrogen and oxygen atoms in total. The zero-order valence-electron chi connectivity index (χ0n) is 14.6. The predicted molar refractivity (Wildman–Crippen MR) is 106 cm³/mol. The van der Waals surface area contributed by atoms with E-state index >= 15 is 0 Å². The lowest BCUT2D eigenvalue weighted by Gasteiger charge is -2.19. The van der Waals surface area contributed by atoms with E-state index in [1.807, 2.05) is 54.6 Å². The molecule has 0 radical (unpaired) electrons. The summed E-state index contributed by atoms with van der Waals surface area (Å²) >= 11 is 6.37. The molecule has 0 aliphatic rings. The van der Waals surface area contributed by atoms with Crippen LogP contribution in [-0.2, 0) is 11.3 Å². The SMILES string of the molecule is O=C(C[C@H](c1ccccc1)c1ccccc1Cl)NCc1ccc(O)cc1O. The molecule has 138 valence electrons. The van der Waals surface area contributed by atoms with Gasteiger partial charge in [-0.05, 0) is 29.3 Å². The normalized spacial score (nSPS) is 11.7. The van der Waals surface area contributed by atoms with E-state index in [2.05, 4.69) is 5.32 Å². The third kappa shape index (κ3) is 4.80. The van der Waals surface area contributed by atoms with Crippen molar-refractivity contribution in [2.75, 3.05) is 0 Å². The van der Waals surface area contributed by atoms with Crippen LogP contribution in [0.4, 0.5) is 0 Å². The Morgan fingerprint density at radius 2 is 1.67 bits per heavy atom. The quantitative estimate of drug-likeness (QED) is 0.585. The van der Waals surface area contributed by atoms with Crippen LogP contribution in [0, 0.1) is 0 Å². The van der Waals surface area contributed by atoms with Gasteiger partial charge in [0.2, 0.25) is 5.91 Å². The fourth-order valence-electron chi connectivity index (χ4n) is 3.00. The molecule has 0 fully saturated rings. The van der Waals surface area contributed by atoms with Gasteiger partial charge in [-0.25, -0.2) is 0 Å². The second kappa shape index (κ2) is 8.60. The van der Waals surface area contributed by atoms with Crippen LogP contribution < -0.4 is 5.32 Å². The Morgan fingerprint density at radius 1 is 0.963 bits per heavy atom. The molecule has 0 heterocycles. The molecule has 27 heavy (non-hydrogen) atoms. The lowest BCUT2D eigenvalue weighted by Crippen LogP contribution is -2.25. The third-order valence-corrected chi connectivity index (χ3v) is 4.76. The van der Waals surface area contributed by atoms with Gasteiger partial charge < -0.3 is 15.5 Å². The molecule has 0 bridgehead atoms. The van der Waals surface area contributed by atoms with Crippen molar-refractivity contribution in [3.05, 3.63) is 94.5 Å². The monoisotopic (exact) mass is 381 g/mol. The summed E-state index contributed by atoms with van der Waals surface area (Å²) < 4.78 is 0. The maximum Gasteiger partial charge on any atom is 0.221 e. The van der Waals surface area contributed by atoms with Crippen molar-refractivity contribution in [3.63, 3.8) is 0 Å². The van der Waals surface area contributed by atoms with Crippen molar-refractivity contribution in [2.24, 2.45) is 0 Å². The van der Waals surface area contributed by atoms with Crippen LogP contribution in [0.5, 0.6) is 11.5 Å². The van der Waals surface area contributed by atoms with E-state index in [0.717, 1.165) is 11.1 Å². The Balaban J connectivity index is 1.76. The zero-order valence-corrected chi connectivity index (χ0v) is 15.4. The van der Waals surface area contributed by atoms with E-state index in [1.54, 1.807) is 6.07 Å². The van der Waals surface area contributed by atoms with Gasteiger partial charge >= 0.3 is 0 Å². The molecule has 0 saturated heterocycles. The molecular weight excluding hydrogens is 362 g/mol. The van der Waals surface area contributed by atoms with E-state index in [1.165, 1.54) is 12.1 Å². The molecule has 3 aromatic rings. The number of benzene rings is 3. The van der Waals surface area contributed by atoms with Crippen molar-refractivity contribution >= 4 is 17.5 Å². The predicted octanol–water partition coefficient (Wildman–Crippen LogP) is 4.59. The molecule has 5 heteroatoms. The number of hydrogen-bond acceptors (Lipinski definition) is 3. The first kappa shape index (κ1) is 18.8. The molecule has 0 unspecified atom stereocenters. The number of halogens is 1. The third-order valence-electron chi connectivity index (χ3n) is 4.42. The van der Waals surface area contributed by atoms with E-state index in [-0.39, 0.29) is 36.3 Å². The lowest BCUT2D eigenvalue weighted by atomic mass is 9.88. The molecule has 3 aromatic carbocycles. The molecule has 0 spiro atoms. The second-order valence-corrected chi connectivity index (χ2v) is 6.69. The van der Waals surface area contributed by atoms with Gasteiger partial charge in [0.15, 0.2) is 0 Å². The molecule has 3 N–H and O–H groups in total. The summed E-state index contributed by atoms with van der Waals surface area (Å²) in [6.07, 6.45) is 0.229. The van der Waals surface area contributed by atoms with E-state index < -0.39 is 0 Å². The number of aromatic hydroxyl groups is 2. The van der Waals surface area contributed by atoms with Gasteiger partial charge in [-0.15, -0.1) is 0 Å². The summed E-state index contributed by atoms with van der Waals surface area (Å²) in [4.78, 5) is 12.6. The Morgan fingerprint density at radius 3 is 2.37 bits per heavy atom. The van der Waals surface area contributed by atoms with Crippen molar-refractivity contribution < 1.29 is 15.0 Å². The van der Waals surface area contributed by atoms with E-state index in [4.69, 9.17) is 11.6 Å². The summed E-state index contributed by atoms with van der Waals surface area (Å²) in [5.41, 5.74) is 2.44. The van der Waals surface area contributed by atoms with Crippen LogP contribution in [-0.4, -0.2) is 16.1 Å². The maximum absolute atomic E-state index is 12.6. The van der Waals surface area contributed by atoms with Gasteiger partial charge in [0.1, 0.15) is 11.5 Å². The molecular formula is C22H20ClNO3. The summed E-state index contributed by atoms with van der Waals surface area (Å²) in [7, 11) is 0. The minimum Gasteiger partial charge on any atom is -0.508 e. The van der Waals surface area contributed by atoms with Crippen molar-refractivity contribution in [3.8, 4) is 11.5 Å². The fourth-order valence-corrected chi connectivity index (χ4v) is 3.27. The van der Waals surface area contributed by atoms with Crippen LogP contribution >= 0.6 is 11.6 Å². The van der Waals surface area contributed by atoms with Crippen LogP contribution in [0.3, 0.4) is 0 Å². The highest BCUT2D eigenvalue weighted by Crippen LogP contribution is 2.33. The Hall–Kier alpha value is -2.98. The minimum absolute atomic E-state index is 0.0227. The number of phenolic OH excluding ortho intramolecular Hbond substituents is 2. The highest BCUT2D eigenvalue weighted by molar-refractivity contribution is 6.31. The average Bonchev–Trinajstić information content (AvgIpc) is 2.67. The summed E-state index contributed by atoms with van der Waals surface area (Å²) in [5.74, 6) is -0.406. The molecule has 3 rings (SSSR count). The lowest BCUT2D eigenvalue weighted by molar-refractivity contribution is -0.121. The number of carbonyl (C=O) groups excluding carboxylic acids is 1. The van der Waals surface area contributed by atoms with Gasteiger partial charge in [-0.3, -0.25) is 4.79 Å². The van der Waals surface area contributed by atoms with Gasteiger partial charge in [0, 0.05) is 35.5 Å². The Labute approximate surface area is 163 Å². The highest BCUT2D eigenvalue weighted by atomic mass is 35.5. The van der Waals surface area contributed by atoms with Crippen LogP contribution in [0.15, 0.2) is 72.8 Å². The number of nitrogens with one attached hydrogen (secondary N) is 1. The average molecular weight is 382 g/mol. The number of amides is 1. The van der Waals surface area contributed by atoms with Crippen LogP contribution in [0.25, 0.3) is 0 Å². The van der Waals surface area contributed by atoms with Crippen molar-refractivity contribution in [1.29, 1.82) is 0 Å². The second-order valence-electron chi connectivity index (χ2n) is 6.28. The van der Waals surface area contributed by atoms with Crippen LogP contribution in [0.1, 0.15) is 29.0 Å². The fraction of sp³-hybridized carbons (Fsp3) is 0.136. The highest BCUT2D eigenvalue weighted by Gasteiger charge is 2.20. The van der Waals surface area contributed by atoms with Crippen molar-refractivity contribution in [2.45, 2.75) is 18.9 Å². The number of phenols is 2. The molecule has 0 saturated carbocycles. The molecule has 1 atom stereocenters. The first-order valence-electron chi connectivity index (χ1n) is 8.61. The maximum atomic E-state index is 12.6. The van der Waals surface area contributed by atoms with E-state index in [0.29, 0.717) is 10.6 Å². The number of rotatable bonds is 6. The molecule has 0 aliphatic carbocycles. The minimum atomic E-state index is -0.173. The van der Waals surface area contributed by atoms with Gasteiger partial charge in [-0.1, -0.05) is 60.1 Å². The molecule has 1 amide bonds. The van der Waals surface area contributed by atoms with Crippen LogP contribution in [0.2, 0.25) is 5.02 Å². The summed E-state index contributed by atoms with van der Waals surface area (Å²) in [5, 5.41) is 22.6.